The molecule has 16 heteroatoms. The number of carbonyl (C=O) groups is 3. The summed E-state index contributed by atoms with van der Waals surface area (Å²) in [6.45, 7) is 12.5. The molecule has 4 heterocycles. The van der Waals surface area contributed by atoms with Gasteiger partial charge in [-0.15, -0.1) is 0 Å². The lowest BCUT2D eigenvalue weighted by Gasteiger charge is -2.49. The molecule has 4 aliphatic rings. The van der Waals surface area contributed by atoms with E-state index in [2.05, 4.69) is 20.1 Å². The highest BCUT2D eigenvalue weighted by Crippen LogP contribution is 2.41. The van der Waals surface area contributed by atoms with Gasteiger partial charge in [-0.25, -0.2) is 0 Å². The van der Waals surface area contributed by atoms with Crippen LogP contribution in [0.15, 0.2) is 10.2 Å². The number of ether oxygens (including phenoxy) is 7. The molecule has 0 N–H and O–H groups in total. The summed E-state index contributed by atoms with van der Waals surface area (Å²) in [5.74, 6) is -2.27. The maximum absolute atomic E-state index is 13.1. The smallest absolute Gasteiger partial charge is 0.306 e. The highest BCUT2D eigenvalue weighted by molar-refractivity contribution is 5.82. The standard InChI is InChI=1S/C29H44N6O10/c1-8-18-13(3)14(4)21(32-34-30)28(40-18)44-24-16(6)25(42-20(38)10-9-12(2)36)29(45-26(24)17(7)37)43-23-15(5)22(33-35-31)27-39-11-19(23)41-27/h13-16,18-19,21-29H,8-11H2,1-7H3/t13-,14?,15?,16?,18?,19?,21-,22-,23-,24-,25-,26-,27+,28+,29+/m0/s1. The third-order valence-electron chi connectivity index (χ3n) is 9.57. The maximum atomic E-state index is 13.1. The number of rotatable bonds is 12. The molecule has 0 aromatic rings. The summed E-state index contributed by atoms with van der Waals surface area (Å²) in [6, 6.07) is -1.38. The largest absolute Gasteiger partial charge is 0.457 e. The summed E-state index contributed by atoms with van der Waals surface area (Å²) >= 11 is 0. The number of Topliss-reactive ketones (excluding diaryl/α,β-unsaturated/α-hetero) is 2. The van der Waals surface area contributed by atoms with Crippen molar-refractivity contribution in [1.82, 2.24) is 0 Å². The first-order valence-electron chi connectivity index (χ1n) is 15.6. The van der Waals surface area contributed by atoms with E-state index in [0.717, 1.165) is 0 Å². The predicted octanol–water partition coefficient (Wildman–Crippen LogP) is 4.14. The molecule has 4 rings (SSSR count). The molecule has 16 nitrogen and oxygen atoms in total. The molecule has 0 aromatic carbocycles. The molecule has 15 atom stereocenters. The third kappa shape index (κ3) is 7.61. The highest BCUT2D eigenvalue weighted by atomic mass is 16.8. The fourth-order valence-corrected chi connectivity index (χ4v) is 6.68. The zero-order chi connectivity index (χ0) is 33.0. The molecule has 2 bridgehead atoms. The van der Waals surface area contributed by atoms with Crippen LogP contribution in [0.1, 0.15) is 67.7 Å². The van der Waals surface area contributed by atoms with Gasteiger partial charge >= 0.3 is 5.97 Å². The van der Waals surface area contributed by atoms with E-state index in [4.69, 9.17) is 38.7 Å². The van der Waals surface area contributed by atoms with E-state index < -0.39 is 73.4 Å². The Morgan fingerprint density at radius 1 is 0.800 bits per heavy atom. The molecule has 0 amide bonds. The summed E-state index contributed by atoms with van der Waals surface area (Å²) in [5.41, 5.74) is 18.4. The summed E-state index contributed by atoms with van der Waals surface area (Å²) in [5, 5.41) is 7.83. The Hall–Kier alpha value is -2.81. The number of esters is 1. The summed E-state index contributed by atoms with van der Waals surface area (Å²) in [4.78, 5) is 43.6. The van der Waals surface area contributed by atoms with Crippen molar-refractivity contribution >= 4 is 17.5 Å². The number of ketones is 2. The van der Waals surface area contributed by atoms with E-state index in [9.17, 15) is 19.9 Å². The number of hydrogen-bond acceptors (Lipinski definition) is 12. The number of nitrogens with zero attached hydrogens (tertiary/aromatic N) is 6. The molecule has 0 aliphatic carbocycles. The zero-order valence-electron chi connectivity index (χ0n) is 26.8. The van der Waals surface area contributed by atoms with Gasteiger partial charge in [-0.05, 0) is 49.1 Å². The molecule has 250 valence electrons. The quantitative estimate of drug-likeness (QED) is 0.129. The summed E-state index contributed by atoms with van der Waals surface area (Å²) in [7, 11) is 0. The van der Waals surface area contributed by atoms with E-state index >= 15 is 0 Å². The van der Waals surface area contributed by atoms with Crippen molar-refractivity contribution in [2.75, 3.05) is 6.61 Å². The van der Waals surface area contributed by atoms with Gasteiger partial charge in [-0.1, -0.05) is 44.8 Å². The van der Waals surface area contributed by atoms with Crippen molar-refractivity contribution < 1.29 is 47.5 Å². The van der Waals surface area contributed by atoms with Crippen molar-refractivity contribution in [2.24, 2.45) is 33.9 Å². The molecular weight excluding hydrogens is 592 g/mol. The Kier molecular flexibility index (Phi) is 11.8. The van der Waals surface area contributed by atoms with Crippen molar-refractivity contribution in [3.63, 3.8) is 0 Å². The number of carbonyl (C=O) groups excluding carboxylic acids is 3. The second kappa shape index (κ2) is 15.2. The molecule has 4 aliphatic heterocycles. The van der Waals surface area contributed by atoms with Crippen LogP contribution in [0.25, 0.3) is 20.9 Å². The topological polar surface area (TPSA) is 213 Å². The van der Waals surface area contributed by atoms with Crippen molar-refractivity contribution in [3.05, 3.63) is 20.9 Å². The Bertz CT molecular complexity index is 1190. The van der Waals surface area contributed by atoms with Crippen LogP contribution < -0.4 is 0 Å². The van der Waals surface area contributed by atoms with Crippen LogP contribution in [0, 0.1) is 23.7 Å². The second-order valence-electron chi connectivity index (χ2n) is 12.5. The first-order chi connectivity index (χ1) is 21.4. The van der Waals surface area contributed by atoms with Gasteiger partial charge in [0.05, 0.1) is 37.3 Å². The third-order valence-corrected chi connectivity index (χ3v) is 9.57. The minimum absolute atomic E-state index is 0.0112. The summed E-state index contributed by atoms with van der Waals surface area (Å²) < 4.78 is 42.9. The van der Waals surface area contributed by atoms with Crippen LogP contribution in [0.2, 0.25) is 0 Å². The predicted molar refractivity (Wildman–Crippen MR) is 155 cm³/mol. The number of hydrogen-bond donors (Lipinski definition) is 0. The zero-order valence-corrected chi connectivity index (χ0v) is 26.8. The van der Waals surface area contributed by atoms with Crippen molar-refractivity contribution in [1.29, 1.82) is 0 Å². The lowest BCUT2D eigenvalue weighted by molar-refractivity contribution is -0.336. The second-order valence-corrected chi connectivity index (χ2v) is 12.5. The first-order valence-corrected chi connectivity index (χ1v) is 15.6. The molecule has 0 radical (unpaired) electrons. The Labute approximate surface area is 261 Å². The van der Waals surface area contributed by atoms with Crippen LogP contribution in [0.4, 0.5) is 0 Å². The Balaban J connectivity index is 1.65. The maximum Gasteiger partial charge on any atom is 0.306 e. The Morgan fingerprint density at radius 3 is 2.09 bits per heavy atom. The van der Waals surface area contributed by atoms with Crippen LogP contribution in [-0.4, -0.2) is 91.7 Å². The molecule has 0 aromatic heterocycles. The molecule has 0 saturated carbocycles. The van der Waals surface area contributed by atoms with Gasteiger partial charge < -0.3 is 38.0 Å². The van der Waals surface area contributed by atoms with Crippen LogP contribution in [-0.2, 0) is 47.5 Å². The molecule has 0 spiro atoms. The lowest BCUT2D eigenvalue weighted by atomic mass is 9.81. The highest BCUT2D eigenvalue weighted by Gasteiger charge is 2.55. The van der Waals surface area contributed by atoms with E-state index in [1.54, 1.807) is 6.92 Å². The van der Waals surface area contributed by atoms with Crippen molar-refractivity contribution in [3.8, 4) is 0 Å². The van der Waals surface area contributed by atoms with E-state index in [1.807, 2.05) is 27.7 Å². The van der Waals surface area contributed by atoms with E-state index in [0.29, 0.717) is 6.42 Å². The SMILES string of the molecule is CCC1O[C@H](O[C@H]2C(C)[C@H](OC(=O)CCC(C)=O)[C@H](O[C@@H]3C4CO[C@H](O4)[C@@H](N=[N+]=[N-])C3C)O[C@H]2C(C)=O)[C@@H](N=[N+]=[N-])C(C)[C@@H]1C. The molecule has 45 heavy (non-hydrogen) atoms. The minimum atomic E-state index is -1.25. The van der Waals surface area contributed by atoms with E-state index in [-0.39, 0.29) is 54.9 Å². The van der Waals surface area contributed by atoms with Gasteiger partial charge in [0, 0.05) is 22.2 Å². The molecular formula is C29H44N6O10. The average molecular weight is 637 g/mol. The fraction of sp³-hybridized carbons (Fsp3) is 0.897. The van der Waals surface area contributed by atoms with Crippen LogP contribution in [0.5, 0.6) is 0 Å². The van der Waals surface area contributed by atoms with Gasteiger partial charge in [0.1, 0.15) is 24.1 Å². The average Bonchev–Trinajstić information content (AvgIpc) is 3.44. The van der Waals surface area contributed by atoms with Gasteiger partial charge in [-0.3, -0.25) is 9.59 Å². The van der Waals surface area contributed by atoms with Crippen LogP contribution >= 0.6 is 0 Å². The minimum Gasteiger partial charge on any atom is -0.457 e. The number of fused-ring (bicyclic) bond motifs is 2. The van der Waals surface area contributed by atoms with Gasteiger partial charge in [-0.2, -0.15) is 0 Å². The Morgan fingerprint density at radius 2 is 1.47 bits per heavy atom. The monoisotopic (exact) mass is 636 g/mol. The molecule has 5 unspecified atom stereocenters. The normalized spacial score (nSPS) is 42.6. The molecule has 4 saturated heterocycles. The number of azide groups is 2. The fourth-order valence-electron chi connectivity index (χ4n) is 6.68. The molecule has 4 fully saturated rings. The van der Waals surface area contributed by atoms with Crippen LogP contribution in [0.3, 0.4) is 0 Å². The van der Waals surface area contributed by atoms with Gasteiger partial charge in [0.25, 0.3) is 0 Å². The van der Waals surface area contributed by atoms with Gasteiger partial charge in [0.2, 0.25) is 0 Å². The first kappa shape index (κ1) is 35.1. The summed E-state index contributed by atoms with van der Waals surface area (Å²) in [6.07, 6.45) is -7.09. The van der Waals surface area contributed by atoms with E-state index in [1.165, 1.54) is 13.8 Å². The lowest BCUT2D eigenvalue weighted by Crippen LogP contribution is -2.62. The van der Waals surface area contributed by atoms with Crippen molar-refractivity contribution in [2.45, 2.75) is 135 Å². The van der Waals surface area contributed by atoms with Gasteiger partial charge in [0.15, 0.2) is 30.8 Å².